The first-order valence-electron chi connectivity index (χ1n) is 29.3. The molecular weight excluding hydrogens is 841 g/mol. The number of rotatable bonds is 53. The zero-order chi connectivity index (χ0) is 49.3. The summed E-state index contributed by atoms with van der Waals surface area (Å²) in [5, 5.41) is 0. The van der Waals surface area contributed by atoms with Gasteiger partial charge in [0.15, 0.2) is 6.10 Å². The summed E-state index contributed by atoms with van der Waals surface area (Å²) in [7, 11) is 0. The standard InChI is InChI=1S/C62H110O6/c1-4-7-10-13-16-19-22-25-28-31-34-37-40-43-46-49-52-55-61(64)67-58-59(57-66-60(63)54-51-48-45-42-39-36-33-30-27-24-21-18-15-12-9-6-3)68-62(65)56-53-50-47-44-41-38-35-32-29-26-23-20-17-14-11-8-5-2/h16-17,19-20,25-26,28-30,33,59H,4-15,18,21-24,27,31-32,34-58H2,1-3H3/b19-16-,20-17-,28-25-,29-26-,33-30-. The minimum atomic E-state index is -0.785. The van der Waals surface area contributed by atoms with Crippen LogP contribution in [0.2, 0.25) is 0 Å². The summed E-state index contributed by atoms with van der Waals surface area (Å²) in [5.41, 5.74) is 0. The molecule has 0 aliphatic carbocycles. The van der Waals surface area contributed by atoms with Crippen LogP contribution in [0.4, 0.5) is 0 Å². The van der Waals surface area contributed by atoms with E-state index in [-0.39, 0.29) is 31.1 Å². The average Bonchev–Trinajstić information content (AvgIpc) is 3.34. The van der Waals surface area contributed by atoms with Crippen LogP contribution in [0.1, 0.15) is 297 Å². The largest absolute Gasteiger partial charge is 0.462 e. The second-order valence-corrected chi connectivity index (χ2v) is 19.5. The van der Waals surface area contributed by atoms with Crippen molar-refractivity contribution in [3.63, 3.8) is 0 Å². The van der Waals surface area contributed by atoms with Gasteiger partial charge in [-0.15, -0.1) is 0 Å². The molecule has 0 saturated heterocycles. The number of esters is 3. The van der Waals surface area contributed by atoms with E-state index in [0.29, 0.717) is 19.3 Å². The quantitative estimate of drug-likeness (QED) is 0.0262. The maximum Gasteiger partial charge on any atom is 0.306 e. The van der Waals surface area contributed by atoms with Crippen molar-refractivity contribution in [3.8, 4) is 0 Å². The van der Waals surface area contributed by atoms with Crippen molar-refractivity contribution in [2.75, 3.05) is 13.2 Å². The van der Waals surface area contributed by atoms with Crippen LogP contribution in [0.5, 0.6) is 0 Å². The number of carbonyl (C=O) groups excluding carboxylic acids is 3. The van der Waals surface area contributed by atoms with Gasteiger partial charge in [-0.25, -0.2) is 0 Å². The number of hydrogen-bond donors (Lipinski definition) is 0. The van der Waals surface area contributed by atoms with E-state index in [4.69, 9.17) is 14.2 Å². The molecule has 0 rings (SSSR count). The van der Waals surface area contributed by atoms with E-state index in [9.17, 15) is 14.4 Å². The van der Waals surface area contributed by atoms with Gasteiger partial charge in [-0.2, -0.15) is 0 Å². The van der Waals surface area contributed by atoms with Gasteiger partial charge in [0.05, 0.1) is 0 Å². The summed E-state index contributed by atoms with van der Waals surface area (Å²) in [4.78, 5) is 38.2. The SMILES string of the molecule is CCCCC/C=C\C/C=C\CCCCCCCCCC(=O)OCC(COC(=O)CCCCCCC/C=C\CCCCCCCCC)OC(=O)CCCCCCCCC/C=C\C/C=C\CCCCC. The van der Waals surface area contributed by atoms with Crippen molar-refractivity contribution in [3.05, 3.63) is 60.8 Å². The van der Waals surface area contributed by atoms with Gasteiger partial charge in [-0.05, 0) is 109 Å². The van der Waals surface area contributed by atoms with E-state index in [0.717, 1.165) is 89.9 Å². The first-order chi connectivity index (χ1) is 33.5. The second kappa shape index (κ2) is 56.7. The van der Waals surface area contributed by atoms with Crippen LogP contribution in [-0.2, 0) is 28.6 Å². The molecule has 394 valence electrons. The van der Waals surface area contributed by atoms with Crippen LogP contribution in [0.25, 0.3) is 0 Å². The summed E-state index contributed by atoms with van der Waals surface area (Å²) < 4.78 is 16.9. The van der Waals surface area contributed by atoms with Gasteiger partial charge in [0.1, 0.15) is 13.2 Å². The Morgan fingerprint density at radius 3 is 0.853 bits per heavy atom. The molecule has 1 atom stereocenters. The molecule has 0 spiro atoms. The molecule has 0 radical (unpaired) electrons. The Morgan fingerprint density at radius 1 is 0.294 bits per heavy atom. The highest BCUT2D eigenvalue weighted by Crippen LogP contribution is 2.15. The van der Waals surface area contributed by atoms with Gasteiger partial charge in [-0.3, -0.25) is 14.4 Å². The van der Waals surface area contributed by atoms with E-state index in [1.165, 1.54) is 167 Å². The van der Waals surface area contributed by atoms with Crippen LogP contribution < -0.4 is 0 Å². The van der Waals surface area contributed by atoms with Crippen LogP contribution in [0.15, 0.2) is 60.8 Å². The first-order valence-corrected chi connectivity index (χ1v) is 29.3. The molecule has 0 saturated carbocycles. The van der Waals surface area contributed by atoms with Gasteiger partial charge >= 0.3 is 17.9 Å². The van der Waals surface area contributed by atoms with Gasteiger partial charge in [-0.1, -0.05) is 229 Å². The Labute approximate surface area is 421 Å². The molecule has 6 nitrogen and oxygen atoms in total. The lowest BCUT2D eigenvalue weighted by Gasteiger charge is -2.18. The van der Waals surface area contributed by atoms with E-state index in [1.54, 1.807) is 0 Å². The molecule has 0 fully saturated rings. The van der Waals surface area contributed by atoms with E-state index < -0.39 is 6.10 Å². The third-order valence-electron chi connectivity index (χ3n) is 12.7. The van der Waals surface area contributed by atoms with Gasteiger partial charge in [0, 0.05) is 19.3 Å². The lowest BCUT2D eigenvalue weighted by Crippen LogP contribution is -2.30. The molecule has 0 bridgehead atoms. The number of hydrogen-bond acceptors (Lipinski definition) is 6. The van der Waals surface area contributed by atoms with Crippen LogP contribution >= 0.6 is 0 Å². The summed E-state index contributed by atoms with van der Waals surface area (Å²) >= 11 is 0. The average molecular weight is 952 g/mol. The molecular formula is C62H110O6. The molecule has 0 amide bonds. The third-order valence-corrected chi connectivity index (χ3v) is 12.7. The molecule has 0 aliphatic heterocycles. The van der Waals surface area contributed by atoms with Gasteiger partial charge < -0.3 is 14.2 Å². The molecule has 0 aromatic carbocycles. The summed E-state index contributed by atoms with van der Waals surface area (Å²) in [6, 6.07) is 0. The van der Waals surface area contributed by atoms with Crippen LogP contribution in [0.3, 0.4) is 0 Å². The highest BCUT2D eigenvalue weighted by atomic mass is 16.6. The highest BCUT2D eigenvalue weighted by Gasteiger charge is 2.19. The number of ether oxygens (including phenoxy) is 3. The smallest absolute Gasteiger partial charge is 0.306 e. The summed E-state index contributed by atoms with van der Waals surface area (Å²) in [5.74, 6) is -0.895. The molecule has 0 aromatic rings. The lowest BCUT2D eigenvalue weighted by molar-refractivity contribution is -0.167. The van der Waals surface area contributed by atoms with E-state index in [1.807, 2.05) is 0 Å². The van der Waals surface area contributed by atoms with Crippen LogP contribution in [0, 0.1) is 0 Å². The molecule has 0 aliphatic rings. The molecule has 1 unspecified atom stereocenters. The van der Waals surface area contributed by atoms with Crippen molar-refractivity contribution in [1.29, 1.82) is 0 Å². The van der Waals surface area contributed by atoms with Gasteiger partial charge in [0.2, 0.25) is 0 Å². The first kappa shape index (κ1) is 65.1. The Kier molecular flexibility index (Phi) is 54.3. The number of carbonyl (C=O) groups is 3. The molecule has 6 heteroatoms. The third kappa shape index (κ3) is 54.1. The summed E-state index contributed by atoms with van der Waals surface area (Å²) in [6.45, 7) is 6.59. The Bertz CT molecular complexity index is 1230. The highest BCUT2D eigenvalue weighted by molar-refractivity contribution is 5.71. The molecule has 68 heavy (non-hydrogen) atoms. The normalized spacial score (nSPS) is 12.5. The molecule has 0 heterocycles. The Balaban J connectivity index is 4.41. The van der Waals surface area contributed by atoms with Crippen molar-refractivity contribution < 1.29 is 28.6 Å². The fraction of sp³-hybridized carbons (Fsp3) is 0.790. The zero-order valence-corrected chi connectivity index (χ0v) is 45.1. The zero-order valence-electron chi connectivity index (χ0n) is 45.1. The summed E-state index contributed by atoms with van der Waals surface area (Å²) in [6.07, 6.45) is 70.6. The lowest BCUT2D eigenvalue weighted by atomic mass is 10.1. The molecule has 0 N–H and O–H groups in total. The van der Waals surface area contributed by atoms with Crippen LogP contribution in [-0.4, -0.2) is 37.2 Å². The van der Waals surface area contributed by atoms with Crippen molar-refractivity contribution in [2.24, 2.45) is 0 Å². The minimum Gasteiger partial charge on any atom is -0.462 e. The second-order valence-electron chi connectivity index (χ2n) is 19.5. The fourth-order valence-corrected chi connectivity index (χ4v) is 8.26. The van der Waals surface area contributed by atoms with Crippen molar-refractivity contribution in [1.82, 2.24) is 0 Å². The number of allylic oxidation sites excluding steroid dienone is 10. The molecule has 0 aromatic heterocycles. The van der Waals surface area contributed by atoms with Gasteiger partial charge in [0.25, 0.3) is 0 Å². The topological polar surface area (TPSA) is 78.9 Å². The number of unbranched alkanes of at least 4 members (excludes halogenated alkanes) is 32. The minimum absolute atomic E-state index is 0.0834. The van der Waals surface area contributed by atoms with E-state index in [2.05, 4.69) is 81.5 Å². The fourth-order valence-electron chi connectivity index (χ4n) is 8.26. The maximum absolute atomic E-state index is 12.9. The Morgan fingerprint density at radius 2 is 0.529 bits per heavy atom. The maximum atomic E-state index is 12.9. The van der Waals surface area contributed by atoms with E-state index >= 15 is 0 Å². The predicted molar refractivity (Wildman–Crippen MR) is 293 cm³/mol. The van der Waals surface area contributed by atoms with Crippen molar-refractivity contribution >= 4 is 17.9 Å². The predicted octanol–water partition coefficient (Wildman–Crippen LogP) is 19.6. The van der Waals surface area contributed by atoms with Crippen molar-refractivity contribution in [2.45, 2.75) is 303 Å². The monoisotopic (exact) mass is 951 g/mol. The Hall–Kier alpha value is -2.89.